The van der Waals surface area contributed by atoms with Gasteiger partial charge in [0.05, 0.1) is 11.0 Å². The molecule has 0 N–H and O–H groups in total. The average molecular weight is 576 g/mol. The van der Waals surface area contributed by atoms with E-state index in [1.165, 1.54) is 38.9 Å². The fraction of sp³-hybridized carbons (Fsp3) is 0.0465. The zero-order valence-corrected chi connectivity index (χ0v) is 24.7. The summed E-state index contributed by atoms with van der Waals surface area (Å²) in [5, 5.41) is 2.24. The van der Waals surface area contributed by atoms with Crippen LogP contribution in [0.4, 0.5) is 0 Å². The van der Waals surface area contributed by atoms with E-state index in [1.807, 2.05) is 22.8 Å². The molecule has 1 atom stereocenters. The molecule has 45 heavy (non-hydrogen) atoms. The molecule has 2 heteroatoms. The molecule has 0 fully saturated rings. The fourth-order valence-corrected chi connectivity index (χ4v) is 7.29. The van der Waals surface area contributed by atoms with Gasteiger partial charge in [0.1, 0.15) is 0 Å². The number of benzene rings is 6. The highest BCUT2D eigenvalue weighted by molar-refractivity contribution is 6.20. The highest BCUT2D eigenvalue weighted by Crippen LogP contribution is 2.47. The van der Waals surface area contributed by atoms with Crippen LogP contribution in [0.2, 0.25) is 0 Å². The second kappa shape index (κ2) is 10.2. The molecule has 0 radical (unpaired) electrons. The fourth-order valence-electron chi connectivity index (χ4n) is 7.29. The number of carbonyl (C=O) groups is 1. The predicted molar refractivity (Wildman–Crippen MR) is 186 cm³/mol. The summed E-state index contributed by atoms with van der Waals surface area (Å²) in [7, 11) is 0. The van der Waals surface area contributed by atoms with E-state index in [9.17, 15) is 4.79 Å². The van der Waals surface area contributed by atoms with Crippen LogP contribution in [0.25, 0.3) is 66.3 Å². The van der Waals surface area contributed by atoms with Crippen molar-refractivity contribution in [2.75, 3.05) is 0 Å². The Kier molecular flexibility index (Phi) is 5.82. The lowest BCUT2D eigenvalue weighted by Gasteiger charge is -2.28. The number of hydrogen-bond acceptors (Lipinski definition) is 1. The normalized spacial score (nSPS) is 15.3. The lowest BCUT2D eigenvalue weighted by Crippen LogP contribution is -2.25. The van der Waals surface area contributed by atoms with Gasteiger partial charge in [-0.25, -0.2) is 0 Å². The highest BCUT2D eigenvalue weighted by Gasteiger charge is 2.34. The first kappa shape index (κ1) is 25.7. The Hall–Kier alpha value is -5.73. The van der Waals surface area contributed by atoms with Crippen molar-refractivity contribution in [1.29, 1.82) is 0 Å². The van der Waals surface area contributed by atoms with Crippen molar-refractivity contribution in [3.05, 3.63) is 169 Å². The largest absolute Gasteiger partial charge is 0.276 e. The number of allylic oxidation sites excluding steroid dienone is 4. The lowest BCUT2D eigenvalue weighted by atomic mass is 9.80. The van der Waals surface area contributed by atoms with Crippen LogP contribution in [0.15, 0.2) is 163 Å². The molecule has 0 spiro atoms. The molecule has 1 aromatic heterocycles. The molecule has 6 aromatic carbocycles. The first-order valence-corrected chi connectivity index (χ1v) is 15.6. The maximum absolute atomic E-state index is 14.1. The standard InChI is InChI=1S/C43H29NO/c45-43-37-20-8-7-19-36(37)39-26-35(33-18-10-16-31(24-33)29-13-5-2-6-14-29)27-40-38-25-34(21-22-41(38)44(43)42(39)40)32-17-9-15-30(23-32)28-11-3-1-4-12-28/h1-18,20-27,36H,19H2. The van der Waals surface area contributed by atoms with Crippen molar-refractivity contribution >= 4 is 27.7 Å². The Balaban J connectivity index is 1.28. The van der Waals surface area contributed by atoms with Crippen molar-refractivity contribution in [3.8, 4) is 44.5 Å². The molecule has 2 aliphatic rings. The Labute approximate surface area is 262 Å². The van der Waals surface area contributed by atoms with E-state index in [0.29, 0.717) is 0 Å². The van der Waals surface area contributed by atoms with E-state index < -0.39 is 0 Å². The summed E-state index contributed by atoms with van der Waals surface area (Å²) in [5.74, 6) is 0.149. The van der Waals surface area contributed by atoms with Gasteiger partial charge in [-0.2, -0.15) is 0 Å². The molecule has 1 unspecified atom stereocenters. The molecule has 0 saturated carbocycles. The molecular weight excluding hydrogens is 546 g/mol. The number of nitrogens with zero attached hydrogens (tertiary/aromatic N) is 1. The lowest BCUT2D eigenvalue weighted by molar-refractivity contribution is 0.0953. The third-order valence-electron chi connectivity index (χ3n) is 9.48. The van der Waals surface area contributed by atoms with Crippen LogP contribution in [-0.4, -0.2) is 10.5 Å². The molecule has 0 bridgehead atoms. The Morgan fingerprint density at radius 3 is 1.73 bits per heavy atom. The minimum absolute atomic E-state index is 0.0566. The van der Waals surface area contributed by atoms with Crippen LogP contribution in [0, 0.1) is 0 Å². The number of rotatable bonds is 4. The van der Waals surface area contributed by atoms with Crippen LogP contribution >= 0.6 is 0 Å². The second-order valence-electron chi connectivity index (χ2n) is 12.1. The second-order valence-corrected chi connectivity index (χ2v) is 12.1. The van der Waals surface area contributed by atoms with Crippen molar-refractivity contribution in [1.82, 2.24) is 4.57 Å². The van der Waals surface area contributed by atoms with Crippen molar-refractivity contribution in [2.24, 2.45) is 0 Å². The number of aromatic nitrogens is 1. The van der Waals surface area contributed by atoms with Gasteiger partial charge >= 0.3 is 0 Å². The molecule has 0 saturated heterocycles. The number of hydrogen-bond donors (Lipinski definition) is 0. The van der Waals surface area contributed by atoms with E-state index in [0.717, 1.165) is 44.9 Å². The predicted octanol–water partition coefficient (Wildman–Crippen LogP) is 11.1. The van der Waals surface area contributed by atoms with Crippen LogP contribution < -0.4 is 0 Å². The Morgan fingerprint density at radius 2 is 1.07 bits per heavy atom. The van der Waals surface area contributed by atoms with Gasteiger partial charge in [-0.15, -0.1) is 0 Å². The Bertz CT molecular complexity index is 2360. The topological polar surface area (TPSA) is 22.0 Å². The zero-order chi connectivity index (χ0) is 29.9. The van der Waals surface area contributed by atoms with Gasteiger partial charge in [-0.1, -0.05) is 121 Å². The van der Waals surface area contributed by atoms with Crippen LogP contribution in [-0.2, 0) is 0 Å². The first-order valence-electron chi connectivity index (χ1n) is 15.6. The van der Waals surface area contributed by atoms with Gasteiger partial charge in [-0.05, 0) is 92.9 Å². The smallest absolute Gasteiger partial charge is 0.259 e. The molecular formula is C43H29NO. The molecule has 9 rings (SSSR count). The molecule has 7 aromatic rings. The molecule has 1 aliphatic heterocycles. The molecule has 1 aliphatic carbocycles. The summed E-state index contributed by atoms with van der Waals surface area (Å²) in [5.41, 5.74) is 13.6. The maximum Gasteiger partial charge on any atom is 0.259 e. The van der Waals surface area contributed by atoms with E-state index in [4.69, 9.17) is 0 Å². The van der Waals surface area contributed by atoms with E-state index in [2.05, 4.69) is 140 Å². The van der Waals surface area contributed by atoms with Crippen LogP contribution in [0.3, 0.4) is 0 Å². The third kappa shape index (κ3) is 4.14. The summed E-state index contributed by atoms with van der Waals surface area (Å²) < 4.78 is 1.97. The van der Waals surface area contributed by atoms with Crippen molar-refractivity contribution in [2.45, 2.75) is 12.3 Å². The molecule has 2 heterocycles. The average Bonchev–Trinajstić information content (AvgIpc) is 3.45. The number of fused-ring (bicyclic) bond motifs is 5. The quantitative estimate of drug-likeness (QED) is 0.205. The first-order chi connectivity index (χ1) is 22.2. The monoisotopic (exact) mass is 575 g/mol. The zero-order valence-electron chi connectivity index (χ0n) is 24.7. The third-order valence-corrected chi connectivity index (χ3v) is 9.48. The van der Waals surface area contributed by atoms with Gasteiger partial charge in [0.25, 0.3) is 5.91 Å². The minimum Gasteiger partial charge on any atom is -0.276 e. The summed E-state index contributed by atoms with van der Waals surface area (Å²) in [6, 6.07) is 49.8. The molecule has 0 amide bonds. The van der Waals surface area contributed by atoms with Gasteiger partial charge in [0, 0.05) is 22.3 Å². The van der Waals surface area contributed by atoms with Crippen LogP contribution in [0.5, 0.6) is 0 Å². The number of carbonyl (C=O) groups excluding carboxylic acids is 1. The summed E-state index contributed by atoms with van der Waals surface area (Å²) in [6.45, 7) is 0. The van der Waals surface area contributed by atoms with Gasteiger partial charge in [-0.3, -0.25) is 9.36 Å². The summed E-state index contributed by atoms with van der Waals surface area (Å²) >= 11 is 0. The molecule has 2 nitrogen and oxygen atoms in total. The highest BCUT2D eigenvalue weighted by atomic mass is 16.2. The SMILES string of the molecule is O=C1C2=CC=CCC2c2cc(-c3cccc(-c4ccccc4)c3)cc3c4cc(-c5cccc(-c6ccccc6)c5)ccc4n1c23. The summed E-state index contributed by atoms with van der Waals surface area (Å²) in [6.07, 6.45) is 7.07. The van der Waals surface area contributed by atoms with Crippen molar-refractivity contribution < 1.29 is 4.79 Å². The van der Waals surface area contributed by atoms with Crippen LogP contribution in [0.1, 0.15) is 22.7 Å². The Morgan fingerprint density at radius 1 is 0.511 bits per heavy atom. The van der Waals surface area contributed by atoms with Gasteiger partial charge < -0.3 is 0 Å². The van der Waals surface area contributed by atoms with Gasteiger partial charge in [0.15, 0.2) is 0 Å². The summed E-state index contributed by atoms with van der Waals surface area (Å²) in [4.78, 5) is 14.1. The molecule has 212 valence electrons. The van der Waals surface area contributed by atoms with Gasteiger partial charge in [0.2, 0.25) is 0 Å². The van der Waals surface area contributed by atoms with E-state index in [1.54, 1.807) is 0 Å². The van der Waals surface area contributed by atoms with E-state index >= 15 is 0 Å². The maximum atomic E-state index is 14.1. The van der Waals surface area contributed by atoms with Crippen molar-refractivity contribution in [3.63, 3.8) is 0 Å². The van der Waals surface area contributed by atoms with E-state index in [-0.39, 0.29) is 11.8 Å². The minimum atomic E-state index is 0.0566.